The first-order valence-corrected chi connectivity index (χ1v) is 7.18. The van der Waals surface area contributed by atoms with Crippen LogP contribution in [0.5, 0.6) is 0 Å². The number of amides is 2. The zero-order chi connectivity index (χ0) is 16.2. The summed E-state index contributed by atoms with van der Waals surface area (Å²) in [6.07, 6.45) is 0.980. The van der Waals surface area contributed by atoms with Gasteiger partial charge in [-0.05, 0) is 49.9 Å². The van der Waals surface area contributed by atoms with Crippen molar-refractivity contribution in [3.05, 3.63) is 28.8 Å². The molecule has 0 saturated carbocycles. The third kappa shape index (κ3) is 4.48. The number of carbonyl (C=O) groups excluding carboxylic acids is 1. The van der Waals surface area contributed by atoms with Gasteiger partial charge in [0.1, 0.15) is 0 Å². The molecule has 1 aromatic carbocycles. The van der Waals surface area contributed by atoms with Crippen molar-refractivity contribution < 1.29 is 14.7 Å². The fraction of sp³-hybridized carbons (Fsp3) is 0.500. The molecule has 0 spiro atoms. The molecule has 0 bridgehead atoms. The van der Waals surface area contributed by atoms with Gasteiger partial charge in [0, 0.05) is 11.7 Å². The van der Waals surface area contributed by atoms with Gasteiger partial charge in [-0.15, -0.1) is 0 Å². The van der Waals surface area contributed by atoms with Crippen LogP contribution in [0.25, 0.3) is 0 Å². The number of aryl methyl sites for hydroxylation is 1. The van der Waals surface area contributed by atoms with Crippen molar-refractivity contribution in [3.63, 3.8) is 0 Å². The van der Waals surface area contributed by atoms with Gasteiger partial charge in [-0.2, -0.15) is 0 Å². The monoisotopic (exact) mass is 292 g/mol. The van der Waals surface area contributed by atoms with Crippen molar-refractivity contribution in [3.8, 4) is 0 Å². The molecular weight excluding hydrogens is 268 g/mol. The summed E-state index contributed by atoms with van der Waals surface area (Å²) in [6, 6.07) is 3.00. The molecule has 116 valence electrons. The topological polar surface area (TPSA) is 78.4 Å². The molecule has 2 amide bonds. The third-order valence-corrected chi connectivity index (χ3v) is 4.01. The lowest BCUT2D eigenvalue weighted by atomic mass is 10.0. The average molecular weight is 292 g/mol. The number of carbonyl (C=O) groups is 2. The van der Waals surface area contributed by atoms with Gasteiger partial charge in [-0.25, -0.2) is 9.59 Å². The minimum atomic E-state index is -0.993. The van der Waals surface area contributed by atoms with E-state index in [9.17, 15) is 14.7 Å². The second-order valence-corrected chi connectivity index (χ2v) is 5.54. The van der Waals surface area contributed by atoms with E-state index in [0.29, 0.717) is 17.2 Å². The van der Waals surface area contributed by atoms with Gasteiger partial charge in [-0.1, -0.05) is 20.3 Å². The van der Waals surface area contributed by atoms with Crippen LogP contribution in [0.15, 0.2) is 12.1 Å². The van der Waals surface area contributed by atoms with Crippen LogP contribution < -0.4 is 10.6 Å². The van der Waals surface area contributed by atoms with Crippen LogP contribution in [0.1, 0.15) is 48.7 Å². The lowest BCUT2D eigenvalue weighted by molar-refractivity contribution is 0.0696. The molecular formula is C16H24N2O3. The van der Waals surface area contributed by atoms with Crippen LogP contribution in [0.3, 0.4) is 0 Å². The first-order valence-electron chi connectivity index (χ1n) is 7.18. The van der Waals surface area contributed by atoms with Gasteiger partial charge in [0.05, 0.1) is 5.56 Å². The minimum absolute atomic E-state index is 0.0560. The summed E-state index contributed by atoms with van der Waals surface area (Å²) in [4.78, 5) is 23.1. The van der Waals surface area contributed by atoms with Gasteiger partial charge >= 0.3 is 12.0 Å². The Bertz CT molecular complexity index is 541. The molecule has 2 atom stereocenters. The summed E-state index contributed by atoms with van der Waals surface area (Å²) in [6.45, 7) is 9.68. The normalized spacial score (nSPS) is 13.4. The first-order chi connectivity index (χ1) is 9.76. The molecule has 0 heterocycles. The maximum absolute atomic E-state index is 12.0. The van der Waals surface area contributed by atoms with Crippen LogP contribution in [0.4, 0.5) is 10.5 Å². The van der Waals surface area contributed by atoms with E-state index in [1.165, 1.54) is 6.07 Å². The predicted molar refractivity (Wildman–Crippen MR) is 83.9 cm³/mol. The Morgan fingerprint density at radius 1 is 1.24 bits per heavy atom. The summed E-state index contributed by atoms with van der Waals surface area (Å²) >= 11 is 0. The van der Waals surface area contributed by atoms with Crippen LogP contribution in [0, 0.1) is 19.8 Å². The lowest BCUT2D eigenvalue weighted by Gasteiger charge is -2.20. The largest absolute Gasteiger partial charge is 0.478 e. The molecule has 5 heteroatoms. The maximum Gasteiger partial charge on any atom is 0.336 e. The average Bonchev–Trinajstić information content (AvgIpc) is 2.40. The van der Waals surface area contributed by atoms with E-state index in [1.54, 1.807) is 13.0 Å². The molecule has 1 aromatic rings. The van der Waals surface area contributed by atoms with Crippen LogP contribution in [-0.2, 0) is 0 Å². The summed E-state index contributed by atoms with van der Waals surface area (Å²) in [5.74, 6) is -0.613. The Morgan fingerprint density at radius 3 is 2.38 bits per heavy atom. The van der Waals surface area contributed by atoms with Crippen LogP contribution >= 0.6 is 0 Å². The minimum Gasteiger partial charge on any atom is -0.478 e. The van der Waals surface area contributed by atoms with Crippen LogP contribution in [0.2, 0.25) is 0 Å². The fourth-order valence-corrected chi connectivity index (χ4v) is 2.02. The Hall–Kier alpha value is -2.04. The Labute approximate surface area is 125 Å². The van der Waals surface area contributed by atoms with Crippen molar-refractivity contribution in [1.29, 1.82) is 0 Å². The van der Waals surface area contributed by atoms with Crippen molar-refractivity contribution in [2.75, 3.05) is 5.32 Å². The smallest absolute Gasteiger partial charge is 0.336 e. The van der Waals surface area contributed by atoms with Crippen molar-refractivity contribution in [2.45, 2.75) is 47.1 Å². The molecule has 0 saturated heterocycles. The van der Waals surface area contributed by atoms with E-state index >= 15 is 0 Å². The zero-order valence-corrected chi connectivity index (χ0v) is 13.3. The molecule has 5 nitrogen and oxygen atoms in total. The number of rotatable bonds is 5. The highest BCUT2D eigenvalue weighted by Crippen LogP contribution is 2.20. The van der Waals surface area contributed by atoms with E-state index < -0.39 is 5.97 Å². The number of aromatic carboxylic acids is 1. The highest BCUT2D eigenvalue weighted by atomic mass is 16.4. The van der Waals surface area contributed by atoms with E-state index in [2.05, 4.69) is 24.5 Å². The third-order valence-electron chi connectivity index (χ3n) is 4.01. The molecule has 21 heavy (non-hydrogen) atoms. The molecule has 0 fully saturated rings. The molecule has 0 radical (unpaired) electrons. The zero-order valence-electron chi connectivity index (χ0n) is 13.3. The van der Waals surface area contributed by atoms with Crippen LogP contribution in [-0.4, -0.2) is 23.1 Å². The van der Waals surface area contributed by atoms with E-state index in [0.717, 1.165) is 12.0 Å². The Morgan fingerprint density at radius 2 is 1.86 bits per heavy atom. The fourth-order valence-electron chi connectivity index (χ4n) is 2.02. The van der Waals surface area contributed by atoms with Gasteiger partial charge in [-0.3, -0.25) is 0 Å². The maximum atomic E-state index is 12.0. The highest BCUT2D eigenvalue weighted by Gasteiger charge is 2.15. The molecule has 0 aliphatic rings. The molecule has 3 N–H and O–H groups in total. The Kier molecular flexibility index (Phi) is 5.76. The van der Waals surface area contributed by atoms with Gasteiger partial charge < -0.3 is 15.7 Å². The summed E-state index contributed by atoms with van der Waals surface area (Å²) in [5.41, 5.74) is 2.24. The predicted octanol–water partition coefficient (Wildman–Crippen LogP) is 3.56. The number of urea groups is 1. The van der Waals surface area contributed by atoms with Gasteiger partial charge in [0.25, 0.3) is 0 Å². The molecule has 0 aliphatic carbocycles. The SMILES string of the molecule is CCC(C)C(C)NC(=O)Nc1cc(C)c(C)c(C(=O)O)c1. The number of carboxylic acids is 1. The highest BCUT2D eigenvalue weighted by molar-refractivity contribution is 5.94. The quantitative estimate of drug-likeness (QED) is 0.776. The number of anilines is 1. The van der Waals surface area contributed by atoms with Gasteiger partial charge in [0.2, 0.25) is 0 Å². The number of nitrogens with one attached hydrogen (secondary N) is 2. The second-order valence-electron chi connectivity index (χ2n) is 5.54. The van der Waals surface area contributed by atoms with Gasteiger partial charge in [0.15, 0.2) is 0 Å². The van der Waals surface area contributed by atoms with Crippen molar-refractivity contribution >= 4 is 17.7 Å². The molecule has 2 unspecified atom stereocenters. The summed E-state index contributed by atoms with van der Waals surface area (Å²) < 4.78 is 0. The summed E-state index contributed by atoms with van der Waals surface area (Å²) in [7, 11) is 0. The molecule has 1 rings (SSSR count). The standard InChI is InChI=1S/C16H24N2O3/c1-6-9(2)12(5)17-16(21)18-13-7-10(3)11(4)14(8-13)15(19)20/h7-9,12H,6H2,1-5H3,(H,19,20)(H2,17,18,21). The first kappa shape index (κ1) is 17.0. The van der Waals surface area contributed by atoms with Crippen molar-refractivity contribution in [1.82, 2.24) is 5.32 Å². The van der Waals surface area contributed by atoms with Crippen molar-refractivity contribution in [2.24, 2.45) is 5.92 Å². The number of benzene rings is 1. The number of carboxylic acid groups (broad SMARTS) is 1. The number of hydrogen-bond acceptors (Lipinski definition) is 2. The molecule has 0 aromatic heterocycles. The van der Waals surface area contributed by atoms with E-state index in [1.807, 2.05) is 13.8 Å². The van der Waals surface area contributed by atoms with E-state index in [4.69, 9.17) is 0 Å². The Balaban J connectivity index is 2.84. The summed E-state index contributed by atoms with van der Waals surface area (Å²) in [5, 5.41) is 14.7. The number of hydrogen-bond donors (Lipinski definition) is 3. The second kappa shape index (κ2) is 7.11. The lowest BCUT2D eigenvalue weighted by Crippen LogP contribution is -2.39. The molecule has 0 aliphatic heterocycles. The van der Waals surface area contributed by atoms with E-state index in [-0.39, 0.29) is 17.6 Å².